The first kappa shape index (κ1) is 17.4. The first-order valence-electron chi connectivity index (χ1n) is 8.22. The van der Waals surface area contributed by atoms with Crippen LogP contribution in [0.2, 0.25) is 5.02 Å². The van der Waals surface area contributed by atoms with Crippen LogP contribution >= 0.6 is 11.6 Å². The highest BCUT2D eigenvalue weighted by Crippen LogP contribution is 2.23. The lowest BCUT2D eigenvalue weighted by Crippen LogP contribution is -2.15. The maximum absolute atomic E-state index is 11.7. The number of ether oxygens (including phenoxy) is 2. The molecule has 0 fully saturated rings. The van der Waals surface area contributed by atoms with Gasteiger partial charge in [0.05, 0.1) is 6.61 Å². The van der Waals surface area contributed by atoms with E-state index in [9.17, 15) is 4.79 Å². The van der Waals surface area contributed by atoms with E-state index in [1.54, 1.807) is 0 Å². The Morgan fingerprint density at radius 3 is 2.76 bits per heavy atom. The molecule has 0 aliphatic rings. The number of H-pyrrole nitrogens is 1. The van der Waals surface area contributed by atoms with Gasteiger partial charge in [0.15, 0.2) is 6.61 Å². The minimum atomic E-state index is -0.359. The molecular formula is C20H20ClNO3. The molecule has 1 N–H and O–H groups in total. The average molecular weight is 358 g/mol. The third-order valence-corrected chi connectivity index (χ3v) is 4.20. The standard InChI is InChI=1S/C20H20ClNO3/c1-14-4-7-17(8-5-14)25-13-20(23)24-10-2-3-15-12-22-19-9-6-16(21)11-18(15)19/h4-9,11-12,22H,2-3,10,13H2,1H3. The lowest BCUT2D eigenvalue weighted by molar-refractivity contribution is -0.146. The molecular weight excluding hydrogens is 338 g/mol. The van der Waals surface area contributed by atoms with E-state index in [4.69, 9.17) is 21.1 Å². The van der Waals surface area contributed by atoms with E-state index in [1.165, 1.54) is 5.56 Å². The minimum absolute atomic E-state index is 0.0776. The molecule has 0 saturated heterocycles. The topological polar surface area (TPSA) is 51.3 Å². The summed E-state index contributed by atoms with van der Waals surface area (Å²) in [5.41, 5.74) is 3.38. The second-order valence-electron chi connectivity index (χ2n) is 5.93. The van der Waals surface area contributed by atoms with Crippen LogP contribution in [0.15, 0.2) is 48.7 Å². The van der Waals surface area contributed by atoms with Crippen molar-refractivity contribution in [3.05, 3.63) is 64.8 Å². The van der Waals surface area contributed by atoms with Crippen molar-refractivity contribution in [2.75, 3.05) is 13.2 Å². The van der Waals surface area contributed by atoms with Crippen LogP contribution in [0.3, 0.4) is 0 Å². The molecule has 1 aromatic heterocycles. The third kappa shape index (κ3) is 4.77. The number of rotatable bonds is 7. The Balaban J connectivity index is 1.41. The molecule has 5 heteroatoms. The molecule has 0 saturated carbocycles. The number of carbonyl (C=O) groups excluding carboxylic acids is 1. The van der Waals surface area contributed by atoms with Crippen LogP contribution in [0.5, 0.6) is 5.75 Å². The van der Waals surface area contributed by atoms with Crippen LogP contribution < -0.4 is 4.74 Å². The van der Waals surface area contributed by atoms with E-state index in [0.717, 1.165) is 29.3 Å². The Labute approximate surface area is 151 Å². The molecule has 4 nitrogen and oxygen atoms in total. The van der Waals surface area contributed by atoms with Gasteiger partial charge in [-0.25, -0.2) is 4.79 Å². The third-order valence-electron chi connectivity index (χ3n) is 3.96. The van der Waals surface area contributed by atoms with E-state index in [-0.39, 0.29) is 12.6 Å². The van der Waals surface area contributed by atoms with E-state index >= 15 is 0 Å². The highest BCUT2D eigenvalue weighted by Gasteiger charge is 2.07. The summed E-state index contributed by atoms with van der Waals surface area (Å²) in [6, 6.07) is 13.3. The van der Waals surface area contributed by atoms with Crippen molar-refractivity contribution in [1.82, 2.24) is 4.98 Å². The van der Waals surface area contributed by atoms with Gasteiger partial charge in [0, 0.05) is 22.1 Å². The molecule has 2 aromatic carbocycles. The van der Waals surface area contributed by atoms with Gasteiger partial charge in [0.2, 0.25) is 0 Å². The number of aromatic amines is 1. The molecule has 0 spiro atoms. The summed E-state index contributed by atoms with van der Waals surface area (Å²) < 4.78 is 10.6. The lowest BCUT2D eigenvalue weighted by Gasteiger charge is -2.07. The molecule has 0 radical (unpaired) electrons. The molecule has 0 aliphatic heterocycles. The maximum Gasteiger partial charge on any atom is 0.344 e. The summed E-state index contributed by atoms with van der Waals surface area (Å²) in [5.74, 6) is 0.306. The quantitative estimate of drug-likeness (QED) is 0.493. The zero-order valence-electron chi connectivity index (χ0n) is 14.0. The molecule has 3 aromatic rings. The number of fused-ring (bicyclic) bond motifs is 1. The molecule has 0 bridgehead atoms. The highest BCUT2D eigenvalue weighted by atomic mass is 35.5. The molecule has 3 rings (SSSR count). The van der Waals surface area contributed by atoms with Crippen molar-refractivity contribution >= 4 is 28.5 Å². The van der Waals surface area contributed by atoms with Gasteiger partial charge < -0.3 is 14.5 Å². The van der Waals surface area contributed by atoms with Crippen molar-refractivity contribution < 1.29 is 14.3 Å². The lowest BCUT2D eigenvalue weighted by atomic mass is 10.1. The second kappa shape index (κ2) is 8.08. The number of nitrogens with one attached hydrogen (secondary N) is 1. The van der Waals surface area contributed by atoms with Gasteiger partial charge >= 0.3 is 5.97 Å². The molecule has 0 amide bonds. The number of esters is 1. The van der Waals surface area contributed by atoms with Crippen molar-refractivity contribution in [3.63, 3.8) is 0 Å². The predicted octanol–water partition coefficient (Wildman–Crippen LogP) is 4.68. The summed E-state index contributed by atoms with van der Waals surface area (Å²) in [5, 5.41) is 1.83. The van der Waals surface area contributed by atoms with Gasteiger partial charge in [-0.05, 0) is 55.7 Å². The Morgan fingerprint density at radius 2 is 1.96 bits per heavy atom. The smallest absolute Gasteiger partial charge is 0.344 e. The summed E-state index contributed by atoms with van der Waals surface area (Å²) >= 11 is 6.05. The van der Waals surface area contributed by atoms with Crippen LogP contribution in [-0.2, 0) is 16.0 Å². The number of benzene rings is 2. The fourth-order valence-electron chi connectivity index (χ4n) is 2.62. The first-order valence-corrected chi connectivity index (χ1v) is 8.60. The molecule has 0 atom stereocenters. The Kier molecular flexibility index (Phi) is 5.61. The molecule has 25 heavy (non-hydrogen) atoms. The van der Waals surface area contributed by atoms with Gasteiger partial charge in [-0.3, -0.25) is 0 Å². The number of aryl methyl sites for hydroxylation is 2. The molecule has 0 aliphatic carbocycles. The fraction of sp³-hybridized carbons (Fsp3) is 0.250. The Bertz CT molecular complexity index is 855. The fourth-order valence-corrected chi connectivity index (χ4v) is 2.80. The first-order chi connectivity index (χ1) is 12.1. The monoisotopic (exact) mass is 357 g/mol. The SMILES string of the molecule is Cc1ccc(OCC(=O)OCCCc2c[nH]c3ccc(Cl)cc23)cc1. The Morgan fingerprint density at radius 1 is 1.16 bits per heavy atom. The number of carbonyl (C=O) groups is 1. The zero-order valence-corrected chi connectivity index (χ0v) is 14.8. The summed E-state index contributed by atoms with van der Waals surface area (Å²) in [7, 11) is 0. The van der Waals surface area contributed by atoms with Crippen LogP contribution in [0.25, 0.3) is 10.9 Å². The summed E-state index contributed by atoms with van der Waals surface area (Å²) in [6.45, 7) is 2.29. The normalized spacial score (nSPS) is 10.8. The zero-order chi connectivity index (χ0) is 17.6. The molecule has 130 valence electrons. The number of hydrogen-bond acceptors (Lipinski definition) is 3. The van der Waals surface area contributed by atoms with Gasteiger partial charge in [-0.1, -0.05) is 29.3 Å². The largest absolute Gasteiger partial charge is 0.482 e. The average Bonchev–Trinajstić information content (AvgIpc) is 3.00. The van der Waals surface area contributed by atoms with Crippen LogP contribution in [-0.4, -0.2) is 24.2 Å². The molecule has 1 heterocycles. The van der Waals surface area contributed by atoms with Gasteiger partial charge in [-0.2, -0.15) is 0 Å². The van der Waals surface area contributed by atoms with Crippen molar-refractivity contribution in [2.24, 2.45) is 0 Å². The van der Waals surface area contributed by atoms with Crippen molar-refractivity contribution in [2.45, 2.75) is 19.8 Å². The van der Waals surface area contributed by atoms with Gasteiger partial charge in [0.1, 0.15) is 5.75 Å². The summed E-state index contributed by atoms with van der Waals surface area (Å²) in [4.78, 5) is 15.0. The van der Waals surface area contributed by atoms with E-state index in [0.29, 0.717) is 17.4 Å². The van der Waals surface area contributed by atoms with E-state index in [2.05, 4.69) is 4.98 Å². The van der Waals surface area contributed by atoms with Crippen molar-refractivity contribution in [3.8, 4) is 5.75 Å². The molecule has 0 unspecified atom stereocenters. The van der Waals surface area contributed by atoms with Crippen LogP contribution in [0.1, 0.15) is 17.5 Å². The number of hydrogen-bond donors (Lipinski definition) is 1. The highest BCUT2D eigenvalue weighted by molar-refractivity contribution is 6.31. The van der Waals surface area contributed by atoms with E-state index < -0.39 is 0 Å². The maximum atomic E-state index is 11.7. The van der Waals surface area contributed by atoms with Crippen LogP contribution in [0, 0.1) is 6.92 Å². The Hall–Kier alpha value is -2.46. The van der Waals surface area contributed by atoms with Gasteiger partial charge in [0.25, 0.3) is 0 Å². The van der Waals surface area contributed by atoms with Gasteiger partial charge in [-0.15, -0.1) is 0 Å². The van der Waals surface area contributed by atoms with E-state index in [1.807, 2.05) is 55.6 Å². The predicted molar refractivity (Wildman–Crippen MR) is 99.3 cm³/mol. The van der Waals surface area contributed by atoms with Crippen molar-refractivity contribution in [1.29, 1.82) is 0 Å². The summed E-state index contributed by atoms with van der Waals surface area (Å²) in [6.07, 6.45) is 3.53. The number of aromatic nitrogens is 1. The van der Waals surface area contributed by atoms with Crippen LogP contribution in [0.4, 0.5) is 0 Å². The second-order valence-corrected chi connectivity index (χ2v) is 6.37. The number of halogens is 1. The minimum Gasteiger partial charge on any atom is -0.482 e.